The Kier molecular flexibility index (Phi) is 5.84. The fourth-order valence-corrected chi connectivity index (χ4v) is 2.37. The van der Waals surface area contributed by atoms with Crippen molar-refractivity contribution in [1.29, 1.82) is 0 Å². The summed E-state index contributed by atoms with van der Waals surface area (Å²) in [6.07, 6.45) is 0.0974. The van der Waals surface area contributed by atoms with Crippen molar-refractivity contribution >= 4 is 17.3 Å². The van der Waals surface area contributed by atoms with Gasteiger partial charge in [0.05, 0.1) is 5.69 Å². The highest BCUT2D eigenvalue weighted by Crippen LogP contribution is 2.20. The van der Waals surface area contributed by atoms with Crippen LogP contribution in [0.1, 0.15) is 18.9 Å². The fraction of sp³-hybridized carbons (Fsp3) is 0.278. The fourth-order valence-electron chi connectivity index (χ4n) is 2.37. The Morgan fingerprint density at radius 3 is 2.54 bits per heavy atom. The minimum absolute atomic E-state index is 0.0974. The Balaban J connectivity index is 1.98. The zero-order valence-electron chi connectivity index (χ0n) is 13.6. The largest absolute Gasteiger partial charge is 0.371 e. The molecule has 0 saturated heterocycles. The number of hydrogen-bond acceptors (Lipinski definition) is 2. The van der Waals surface area contributed by atoms with E-state index >= 15 is 0 Å². The van der Waals surface area contributed by atoms with Crippen LogP contribution in [0.5, 0.6) is 0 Å². The second-order valence-corrected chi connectivity index (χ2v) is 5.44. The number of anilines is 2. The monoisotopic (exact) mass is 336 g/mol. The Bertz CT molecular complexity index is 734. The molecule has 0 heterocycles. The lowest BCUT2D eigenvalue weighted by molar-refractivity contribution is -0.116. The van der Waals surface area contributed by atoms with Crippen molar-refractivity contribution in [3.8, 4) is 0 Å². The lowest BCUT2D eigenvalue weighted by Gasteiger charge is -2.23. The minimum atomic E-state index is -1.59. The SMILES string of the molecule is CCN(CCC(=O)Nc1ccc(F)c(F)c1F)c1cccc(C)c1. The van der Waals surface area contributed by atoms with Crippen molar-refractivity contribution in [2.75, 3.05) is 23.3 Å². The van der Waals surface area contributed by atoms with Crippen molar-refractivity contribution in [3.63, 3.8) is 0 Å². The van der Waals surface area contributed by atoms with Gasteiger partial charge >= 0.3 is 0 Å². The number of amides is 1. The number of nitrogens with zero attached hydrogens (tertiary/aromatic N) is 1. The molecule has 0 fully saturated rings. The summed E-state index contributed by atoms with van der Waals surface area (Å²) in [4.78, 5) is 14.0. The average molecular weight is 336 g/mol. The molecule has 1 amide bonds. The van der Waals surface area contributed by atoms with E-state index in [2.05, 4.69) is 5.32 Å². The molecule has 2 rings (SSSR count). The second-order valence-electron chi connectivity index (χ2n) is 5.44. The number of carbonyl (C=O) groups excluding carboxylic acids is 1. The molecule has 0 atom stereocenters. The van der Waals surface area contributed by atoms with E-state index in [1.165, 1.54) is 0 Å². The van der Waals surface area contributed by atoms with Crippen LogP contribution in [-0.4, -0.2) is 19.0 Å². The minimum Gasteiger partial charge on any atom is -0.371 e. The maximum Gasteiger partial charge on any atom is 0.226 e. The van der Waals surface area contributed by atoms with E-state index in [9.17, 15) is 18.0 Å². The van der Waals surface area contributed by atoms with E-state index in [4.69, 9.17) is 0 Å². The summed E-state index contributed by atoms with van der Waals surface area (Å²) in [7, 11) is 0. The van der Waals surface area contributed by atoms with Crippen molar-refractivity contribution in [3.05, 3.63) is 59.4 Å². The number of nitrogens with one attached hydrogen (secondary N) is 1. The zero-order chi connectivity index (χ0) is 17.7. The summed E-state index contributed by atoms with van der Waals surface area (Å²) in [5, 5.41) is 2.27. The molecule has 128 valence electrons. The highest BCUT2D eigenvalue weighted by atomic mass is 19.2. The van der Waals surface area contributed by atoms with E-state index in [1.54, 1.807) is 0 Å². The van der Waals surface area contributed by atoms with Gasteiger partial charge in [-0.15, -0.1) is 0 Å². The summed E-state index contributed by atoms with van der Waals surface area (Å²) >= 11 is 0. The van der Waals surface area contributed by atoms with Crippen LogP contribution in [0.4, 0.5) is 24.5 Å². The van der Waals surface area contributed by atoms with Crippen LogP contribution in [0.3, 0.4) is 0 Å². The number of benzene rings is 2. The molecule has 6 heteroatoms. The molecule has 0 aliphatic rings. The molecule has 3 nitrogen and oxygen atoms in total. The first-order chi connectivity index (χ1) is 11.4. The van der Waals surface area contributed by atoms with Crippen molar-refractivity contribution in [2.45, 2.75) is 20.3 Å². The molecule has 2 aromatic carbocycles. The topological polar surface area (TPSA) is 32.3 Å². The Hall–Kier alpha value is -2.50. The highest BCUT2D eigenvalue weighted by Gasteiger charge is 2.15. The molecule has 0 radical (unpaired) electrons. The van der Waals surface area contributed by atoms with Gasteiger partial charge in [0.1, 0.15) is 0 Å². The van der Waals surface area contributed by atoms with Crippen LogP contribution in [0, 0.1) is 24.4 Å². The number of rotatable bonds is 6. The molecule has 0 saturated carbocycles. The lowest BCUT2D eigenvalue weighted by atomic mass is 10.2. The quantitative estimate of drug-likeness (QED) is 0.799. The van der Waals surface area contributed by atoms with Gasteiger partial charge < -0.3 is 10.2 Å². The third-order valence-electron chi connectivity index (χ3n) is 3.67. The molecule has 1 N–H and O–H groups in total. The molecule has 2 aromatic rings. The van der Waals surface area contributed by atoms with Crippen LogP contribution in [-0.2, 0) is 4.79 Å². The van der Waals surface area contributed by atoms with Crippen LogP contribution < -0.4 is 10.2 Å². The Morgan fingerprint density at radius 1 is 1.12 bits per heavy atom. The van der Waals surface area contributed by atoms with Crippen LogP contribution >= 0.6 is 0 Å². The normalized spacial score (nSPS) is 10.5. The first-order valence-electron chi connectivity index (χ1n) is 7.67. The Morgan fingerprint density at radius 2 is 1.88 bits per heavy atom. The highest BCUT2D eigenvalue weighted by molar-refractivity contribution is 5.91. The van der Waals surface area contributed by atoms with Crippen LogP contribution in [0.15, 0.2) is 36.4 Å². The van der Waals surface area contributed by atoms with Crippen molar-refractivity contribution in [2.24, 2.45) is 0 Å². The molecule has 0 aliphatic heterocycles. The molecule has 0 aliphatic carbocycles. The number of carbonyl (C=O) groups is 1. The third-order valence-corrected chi connectivity index (χ3v) is 3.67. The van der Waals surface area contributed by atoms with Gasteiger partial charge in [0.15, 0.2) is 17.5 Å². The van der Waals surface area contributed by atoms with E-state index in [0.717, 1.165) is 23.4 Å². The first kappa shape index (κ1) is 17.8. The molecule has 24 heavy (non-hydrogen) atoms. The molecular formula is C18H19F3N2O. The van der Waals surface area contributed by atoms with Gasteiger partial charge in [-0.05, 0) is 43.7 Å². The summed E-state index contributed by atoms with van der Waals surface area (Å²) < 4.78 is 39.6. The van der Waals surface area contributed by atoms with Crippen molar-refractivity contribution in [1.82, 2.24) is 0 Å². The zero-order valence-corrected chi connectivity index (χ0v) is 13.6. The van der Waals surface area contributed by atoms with E-state index in [0.29, 0.717) is 13.1 Å². The van der Waals surface area contributed by atoms with Gasteiger partial charge in [-0.2, -0.15) is 0 Å². The molecule has 0 aromatic heterocycles. The number of halogens is 3. The molecule has 0 bridgehead atoms. The number of hydrogen-bond donors (Lipinski definition) is 1. The van der Waals surface area contributed by atoms with Gasteiger partial charge in [0.25, 0.3) is 0 Å². The summed E-state index contributed by atoms with van der Waals surface area (Å²) in [6, 6.07) is 9.66. The maximum absolute atomic E-state index is 13.6. The standard InChI is InChI=1S/C18H19F3N2O/c1-3-23(13-6-4-5-12(2)11-13)10-9-16(24)22-15-8-7-14(19)17(20)18(15)21/h4-8,11H,3,9-10H2,1-2H3,(H,22,24). The van der Waals surface area contributed by atoms with Gasteiger partial charge in [-0.1, -0.05) is 12.1 Å². The van der Waals surface area contributed by atoms with E-state index in [1.807, 2.05) is 43.0 Å². The van der Waals surface area contributed by atoms with Crippen LogP contribution in [0.25, 0.3) is 0 Å². The Labute approximate surface area is 139 Å². The van der Waals surface area contributed by atoms with Crippen molar-refractivity contribution < 1.29 is 18.0 Å². The summed E-state index contributed by atoms with van der Waals surface area (Å²) in [6.45, 7) is 5.08. The van der Waals surface area contributed by atoms with Gasteiger partial charge in [-0.25, -0.2) is 13.2 Å². The number of aryl methyl sites for hydroxylation is 1. The molecule has 0 unspecified atom stereocenters. The van der Waals surface area contributed by atoms with E-state index in [-0.39, 0.29) is 12.1 Å². The summed E-state index contributed by atoms with van der Waals surface area (Å²) in [5.74, 6) is -4.75. The predicted octanol–water partition coefficient (Wildman–Crippen LogP) is 4.27. The summed E-state index contributed by atoms with van der Waals surface area (Å²) in [5.41, 5.74) is 1.74. The average Bonchev–Trinajstić information content (AvgIpc) is 2.56. The maximum atomic E-state index is 13.6. The third kappa shape index (κ3) is 4.28. The van der Waals surface area contributed by atoms with Gasteiger partial charge in [0.2, 0.25) is 5.91 Å². The van der Waals surface area contributed by atoms with E-state index < -0.39 is 23.4 Å². The van der Waals surface area contributed by atoms with Gasteiger partial charge in [0, 0.05) is 25.2 Å². The smallest absolute Gasteiger partial charge is 0.226 e. The lowest BCUT2D eigenvalue weighted by Crippen LogP contribution is -2.27. The second kappa shape index (κ2) is 7.86. The van der Waals surface area contributed by atoms with Crippen LogP contribution in [0.2, 0.25) is 0 Å². The molecule has 0 spiro atoms. The molecular weight excluding hydrogens is 317 g/mol. The first-order valence-corrected chi connectivity index (χ1v) is 7.67. The predicted molar refractivity (Wildman–Crippen MR) is 88.6 cm³/mol. The van der Waals surface area contributed by atoms with Gasteiger partial charge in [-0.3, -0.25) is 4.79 Å².